The van der Waals surface area contributed by atoms with Crippen molar-refractivity contribution in [2.75, 3.05) is 0 Å². The maximum Gasteiger partial charge on any atom is -0.0169 e. The van der Waals surface area contributed by atoms with Gasteiger partial charge in [0.15, 0.2) is 0 Å². The van der Waals surface area contributed by atoms with Gasteiger partial charge in [-0.15, -0.1) is 0 Å². The molecule has 0 aromatic rings. The minimum Gasteiger partial charge on any atom is -0.0882 e. The fourth-order valence-electron chi connectivity index (χ4n) is 1.81. The summed E-state index contributed by atoms with van der Waals surface area (Å²) in [5.74, 6) is 0. The van der Waals surface area contributed by atoms with Crippen molar-refractivity contribution in [2.45, 2.75) is 77.6 Å². The average molecular weight is 235 g/mol. The molecule has 0 atom stereocenters. The Hall–Kier alpha value is -0.520. The second-order valence-electron chi connectivity index (χ2n) is 4.73. The lowest BCUT2D eigenvalue weighted by Gasteiger charge is -1.95. The van der Waals surface area contributed by atoms with Crippen molar-refractivity contribution < 1.29 is 0 Å². The molecule has 0 aromatic carbocycles. The highest BCUT2D eigenvalue weighted by Gasteiger charge is 1.86. The molecular weight excluding hydrogens is 204 g/mol. The normalized spacial score (nSPS) is 11.9. The molecule has 0 N–H and O–H groups in total. The van der Waals surface area contributed by atoms with E-state index in [9.17, 15) is 0 Å². The van der Waals surface area contributed by atoms with Gasteiger partial charge in [0.2, 0.25) is 0 Å². The number of allylic oxidation sites excluding steroid dienone is 4. The fourth-order valence-corrected chi connectivity index (χ4v) is 1.81. The van der Waals surface area contributed by atoms with E-state index in [1.54, 1.807) is 0 Å². The summed E-state index contributed by atoms with van der Waals surface area (Å²) in [6, 6.07) is 0. The van der Waals surface area contributed by atoms with Crippen LogP contribution in [0, 0.1) is 6.92 Å². The molecule has 0 saturated carbocycles. The van der Waals surface area contributed by atoms with Crippen molar-refractivity contribution in [3.05, 3.63) is 31.2 Å². The first kappa shape index (κ1) is 16.5. The molecule has 0 aliphatic heterocycles. The highest BCUT2D eigenvalue weighted by atomic mass is 13.9. The van der Waals surface area contributed by atoms with Gasteiger partial charge in [-0.3, -0.25) is 0 Å². The van der Waals surface area contributed by atoms with E-state index in [-0.39, 0.29) is 0 Å². The molecule has 0 unspecified atom stereocenters. The number of unbranched alkanes of at least 4 members (excludes halogenated alkanes) is 8. The second kappa shape index (κ2) is 15.5. The standard InChI is InChI=1S/C17H31/c1-3-5-7-9-11-13-15-17-16-14-12-10-8-6-4-2/h11,13,16-17H,1,3-10,12,14-15H2,2H3/b13-11-,17-16-. The van der Waals surface area contributed by atoms with Crippen LogP contribution in [-0.4, -0.2) is 0 Å². The van der Waals surface area contributed by atoms with E-state index in [0.29, 0.717) is 0 Å². The Kier molecular flexibility index (Phi) is 15.0. The summed E-state index contributed by atoms with van der Waals surface area (Å²) in [6.07, 6.45) is 23.4. The average Bonchev–Trinajstić information content (AvgIpc) is 2.35. The molecular formula is C17H31. The summed E-state index contributed by atoms with van der Waals surface area (Å²) in [5.41, 5.74) is 0. The Morgan fingerprint density at radius 3 is 1.88 bits per heavy atom. The van der Waals surface area contributed by atoms with Crippen LogP contribution in [0.1, 0.15) is 77.6 Å². The van der Waals surface area contributed by atoms with Crippen molar-refractivity contribution in [1.82, 2.24) is 0 Å². The Balaban J connectivity index is 3.13. The third-order valence-corrected chi connectivity index (χ3v) is 2.95. The van der Waals surface area contributed by atoms with Crippen LogP contribution >= 0.6 is 0 Å². The molecule has 0 aromatic heterocycles. The van der Waals surface area contributed by atoms with Gasteiger partial charge in [0.1, 0.15) is 0 Å². The van der Waals surface area contributed by atoms with Crippen LogP contribution in [0.2, 0.25) is 0 Å². The largest absolute Gasteiger partial charge is 0.0882 e. The van der Waals surface area contributed by atoms with Crippen LogP contribution in [0.15, 0.2) is 24.3 Å². The van der Waals surface area contributed by atoms with Crippen LogP contribution in [-0.2, 0) is 0 Å². The topological polar surface area (TPSA) is 0 Å². The molecule has 0 heterocycles. The monoisotopic (exact) mass is 235 g/mol. The predicted molar refractivity (Wildman–Crippen MR) is 80.1 cm³/mol. The van der Waals surface area contributed by atoms with Gasteiger partial charge >= 0.3 is 0 Å². The number of hydrogen-bond donors (Lipinski definition) is 0. The molecule has 0 fully saturated rings. The number of hydrogen-bond acceptors (Lipinski definition) is 0. The minimum absolute atomic E-state index is 1.08. The molecule has 0 aliphatic carbocycles. The third-order valence-electron chi connectivity index (χ3n) is 2.95. The fraction of sp³-hybridized carbons (Fsp3) is 0.706. The zero-order chi connectivity index (χ0) is 12.6. The first-order valence-electron chi connectivity index (χ1n) is 7.51. The van der Waals surface area contributed by atoms with Crippen LogP contribution < -0.4 is 0 Å². The van der Waals surface area contributed by atoms with E-state index >= 15 is 0 Å². The Morgan fingerprint density at radius 2 is 1.29 bits per heavy atom. The van der Waals surface area contributed by atoms with Gasteiger partial charge < -0.3 is 0 Å². The van der Waals surface area contributed by atoms with Crippen LogP contribution in [0.4, 0.5) is 0 Å². The third kappa shape index (κ3) is 15.5. The van der Waals surface area contributed by atoms with Crippen LogP contribution in [0.25, 0.3) is 0 Å². The van der Waals surface area contributed by atoms with Crippen molar-refractivity contribution in [3.8, 4) is 0 Å². The zero-order valence-electron chi connectivity index (χ0n) is 11.8. The van der Waals surface area contributed by atoms with Crippen molar-refractivity contribution in [3.63, 3.8) is 0 Å². The summed E-state index contributed by atoms with van der Waals surface area (Å²) in [5, 5.41) is 0. The molecule has 0 amide bonds. The van der Waals surface area contributed by atoms with Gasteiger partial charge in [-0.25, -0.2) is 0 Å². The van der Waals surface area contributed by atoms with Crippen LogP contribution in [0.3, 0.4) is 0 Å². The highest BCUT2D eigenvalue weighted by molar-refractivity contribution is 4.92. The Bertz CT molecular complexity index is 176. The summed E-state index contributed by atoms with van der Waals surface area (Å²) in [7, 11) is 0. The quantitative estimate of drug-likeness (QED) is 0.277. The molecule has 1 radical (unpaired) electrons. The molecule has 17 heavy (non-hydrogen) atoms. The minimum atomic E-state index is 1.08. The van der Waals surface area contributed by atoms with E-state index in [0.717, 1.165) is 12.8 Å². The summed E-state index contributed by atoms with van der Waals surface area (Å²) >= 11 is 0. The van der Waals surface area contributed by atoms with Crippen molar-refractivity contribution in [2.24, 2.45) is 0 Å². The lowest BCUT2D eigenvalue weighted by atomic mass is 10.1. The van der Waals surface area contributed by atoms with Gasteiger partial charge in [-0.1, -0.05) is 76.7 Å². The number of rotatable bonds is 12. The predicted octanol–water partition coefficient (Wildman–Crippen LogP) is 6.24. The summed E-state index contributed by atoms with van der Waals surface area (Å²) in [6.45, 7) is 6.11. The maximum atomic E-state index is 3.84. The Labute approximate surface area is 109 Å². The second-order valence-corrected chi connectivity index (χ2v) is 4.73. The van der Waals surface area contributed by atoms with Crippen molar-refractivity contribution in [1.29, 1.82) is 0 Å². The molecule has 0 bridgehead atoms. The van der Waals surface area contributed by atoms with Gasteiger partial charge in [-0.05, 0) is 32.1 Å². The van der Waals surface area contributed by atoms with Crippen LogP contribution in [0.5, 0.6) is 0 Å². The highest BCUT2D eigenvalue weighted by Crippen LogP contribution is 2.05. The molecule has 0 saturated heterocycles. The van der Waals surface area contributed by atoms with Gasteiger partial charge in [0.05, 0.1) is 0 Å². The first-order valence-corrected chi connectivity index (χ1v) is 7.51. The molecule has 0 nitrogen and oxygen atoms in total. The van der Waals surface area contributed by atoms with E-state index in [1.165, 1.54) is 57.8 Å². The van der Waals surface area contributed by atoms with E-state index in [1.807, 2.05) is 0 Å². The molecule has 99 valence electrons. The van der Waals surface area contributed by atoms with Gasteiger partial charge in [0.25, 0.3) is 0 Å². The van der Waals surface area contributed by atoms with E-state index in [4.69, 9.17) is 0 Å². The summed E-state index contributed by atoms with van der Waals surface area (Å²) < 4.78 is 0. The van der Waals surface area contributed by atoms with Gasteiger partial charge in [0, 0.05) is 0 Å². The first-order chi connectivity index (χ1) is 8.41. The lowest BCUT2D eigenvalue weighted by molar-refractivity contribution is 0.637. The lowest BCUT2D eigenvalue weighted by Crippen LogP contribution is -1.75. The Morgan fingerprint density at radius 1 is 0.706 bits per heavy atom. The zero-order valence-corrected chi connectivity index (χ0v) is 11.8. The van der Waals surface area contributed by atoms with E-state index in [2.05, 4.69) is 38.2 Å². The van der Waals surface area contributed by atoms with E-state index < -0.39 is 0 Å². The molecule has 0 spiro atoms. The van der Waals surface area contributed by atoms with Gasteiger partial charge in [-0.2, -0.15) is 0 Å². The smallest absolute Gasteiger partial charge is 0.0169 e. The molecule has 0 heteroatoms. The summed E-state index contributed by atoms with van der Waals surface area (Å²) in [4.78, 5) is 0. The molecule has 0 rings (SSSR count). The maximum absolute atomic E-state index is 3.84. The van der Waals surface area contributed by atoms with Crippen molar-refractivity contribution >= 4 is 0 Å². The SMILES string of the molecule is [CH2]CCCC/C=C\C/C=C\CCCCCCC. The molecule has 0 aliphatic rings.